The minimum atomic E-state index is -0.335. The summed E-state index contributed by atoms with van der Waals surface area (Å²) in [5, 5.41) is 6.12. The van der Waals surface area contributed by atoms with E-state index in [1.807, 2.05) is 0 Å². The molecule has 0 bridgehead atoms. The van der Waals surface area contributed by atoms with Crippen LogP contribution in [0.3, 0.4) is 0 Å². The Morgan fingerprint density at radius 3 is 2.61 bits per heavy atom. The molecule has 0 aliphatic carbocycles. The first-order chi connectivity index (χ1) is 13.5. The molecule has 2 aromatic rings. The Bertz CT molecular complexity index is 900. The summed E-state index contributed by atoms with van der Waals surface area (Å²) in [5.74, 6) is -0.643. The molecule has 7 nitrogen and oxygen atoms in total. The Hall–Kier alpha value is -3.06. The number of hydrogen-bond acceptors (Lipinski definition) is 3. The van der Waals surface area contributed by atoms with Gasteiger partial charge in [-0.15, -0.1) is 0 Å². The van der Waals surface area contributed by atoms with Crippen molar-refractivity contribution in [2.45, 2.75) is 18.9 Å². The lowest BCUT2D eigenvalue weighted by molar-refractivity contribution is -0.111. The Morgan fingerprint density at radius 1 is 1.21 bits per heavy atom. The van der Waals surface area contributed by atoms with E-state index in [0.29, 0.717) is 47.9 Å². The van der Waals surface area contributed by atoms with E-state index < -0.39 is 0 Å². The molecule has 3 N–H and O–H groups in total. The summed E-state index contributed by atoms with van der Waals surface area (Å²) in [5.41, 5.74) is 1.45. The van der Waals surface area contributed by atoms with Crippen LogP contribution in [0.5, 0.6) is 0 Å². The van der Waals surface area contributed by atoms with Gasteiger partial charge in [-0.2, -0.15) is 0 Å². The van der Waals surface area contributed by atoms with Crippen molar-refractivity contribution in [1.29, 1.82) is 0 Å². The fourth-order valence-electron chi connectivity index (χ4n) is 3.09. The smallest absolute Gasteiger partial charge is 0.270 e. The van der Waals surface area contributed by atoms with Crippen molar-refractivity contribution in [2.75, 3.05) is 18.4 Å². The first kappa shape index (κ1) is 19.7. The van der Waals surface area contributed by atoms with Crippen LogP contribution in [0.4, 0.5) is 5.69 Å². The molecule has 1 aliphatic heterocycles. The Labute approximate surface area is 167 Å². The van der Waals surface area contributed by atoms with Gasteiger partial charge in [0.05, 0.1) is 5.02 Å². The Balaban J connectivity index is 1.54. The summed E-state index contributed by atoms with van der Waals surface area (Å²) in [7, 11) is 0. The van der Waals surface area contributed by atoms with E-state index >= 15 is 0 Å². The summed E-state index contributed by atoms with van der Waals surface area (Å²) < 4.78 is 0. The van der Waals surface area contributed by atoms with Crippen molar-refractivity contribution in [3.8, 4) is 0 Å². The van der Waals surface area contributed by atoms with Gasteiger partial charge in [0, 0.05) is 36.6 Å². The zero-order valence-corrected chi connectivity index (χ0v) is 16.0. The average Bonchev–Trinajstić information content (AvgIpc) is 3.14. The number of H-pyrrole nitrogens is 1. The molecule has 28 heavy (non-hydrogen) atoms. The molecular formula is C20H21ClN4O3. The summed E-state index contributed by atoms with van der Waals surface area (Å²) in [6, 6.07) is 8.30. The average molecular weight is 401 g/mol. The maximum atomic E-state index is 12.5. The molecule has 2 heterocycles. The topological polar surface area (TPSA) is 94.3 Å². The number of carbonyl (C=O) groups is 3. The van der Waals surface area contributed by atoms with E-state index in [4.69, 9.17) is 11.6 Å². The van der Waals surface area contributed by atoms with Crippen LogP contribution in [-0.4, -0.2) is 46.7 Å². The van der Waals surface area contributed by atoms with Crippen LogP contribution in [0.1, 0.15) is 33.7 Å². The second kappa shape index (κ2) is 8.75. The highest BCUT2D eigenvalue weighted by atomic mass is 35.5. The zero-order valence-electron chi connectivity index (χ0n) is 15.2. The van der Waals surface area contributed by atoms with E-state index in [1.54, 1.807) is 41.4 Å². The first-order valence-corrected chi connectivity index (χ1v) is 9.31. The fourth-order valence-corrected chi connectivity index (χ4v) is 3.25. The molecule has 8 heteroatoms. The maximum absolute atomic E-state index is 12.5. The largest absolute Gasteiger partial charge is 0.356 e. The molecule has 0 radical (unpaired) electrons. The van der Waals surface area contributed by atoms with Gasteiger partial charge in [-0.3, -0.25) is 14.4 Å². The summed E-state index contributed by atoms with van der Waals surface area (Å²) >= 11 is 5.85. The van der Waals surface area contributed by atoms with Gasteiger partial charge in [0.2, 0.25) is 5.91 Å². The molecule has 146 valence electrons. The Kier molecular flexibility index (Phi) is 6.16. The number of benzene rings is 1. The molecule has 1 fully saturated rings. The van der Waals surface area contributed by atoms with Crippen molar-refractivity contribution in [1.82, 2.24) is 15.2 Å². The molecule has 1 aromatic heterocycles. The van der Waals surface area contributed by atoms with Crippen LogP contribution >= 0.6 is 11.6 Å². The molecule has 3 rings (SSSR count). The number of carbonyl (C=O) groups excluding carboxylic acids is 3. The minimum absolute atomic E-state index is 0.0183. The molecule has 0 unspecified atom stereocenters. The number of piperidine rings is 1. The van der Waals surface area contributed by atoms with Gasteiger partial charge in [-0.05, 0) is 43.2 Å². The standard InChI is InChI=1S/C20H21ClN4O3/c1-2-18(26)23-16-5-3-4-13(10-16)19(27)24-15-6-8-25(9-7-15)20(28)17-11-14(21)12-22-17/h2-5,10-12,15,22H,1,6-9H2,(H,23,26)(H,24,27). The lowest BCUT2D eigenvalue weighted by Crippen LogP contribution is -2.46. The van der Waals surface area contributed by atoms with Crippen LogP contribution in [0.25, 0.3) is 0 Å². The van der Waals surface area contributed by atoms with Crippen molar-refractivity contribution in [3.63, 3.8) is 0 Å². The number of nitrogens with one attached hydrogen (secondary N) is 3. The Morgan fingerprint density at radius 2 is 1.96 bits per heavy atom. The van der Waals surface area contributed by atoms with E-state index in [1.165, 1.54) is 6.08 Å². The monoisotopic (exact) mass is 400 g/mol. The number of aromatic nitrogens is 1. The van der Waals surface area contributed by atoms with Crippen LogP contribution < -0.4 is 10.6 Å². The number of hydrogen-bond donors (Lipinski definition) is 3. The highest BCUT2D eigenvalue weighted by Crippen LogP contribution is 2.17. The number of rotatable bonds is 5. The second-order valence-corrected chi connectivity index (χ2v) is 6.98. The number of anilines is 1. The SMILES string of the molecule is C=CC(=O)Nc1cccc(C(=O)NC2CCN(C(=O)c3cc(Cl)c[nH]3)CC2)c1. The van der Waals surface area contributed by atoms with Crippen molar-refractivity contribution < 1.29 is 14.4 Å². The van der Waals surface area contributed by atoms with E-state index in [2.05, 4.69) is 22.2 Å². The van der Waals surface area contributed by atoms with Gasteiger partial charge < -0.3 is 20.5 Å². The van der Waals surface area contributed by atoms with Crippen molar-refractivity contribution in [3.05, 3.63) is 65.5 Å². The van der Waals surface area contributed by atoms with Crippen LogP contribution in [0.15, 0.2) is 49.2 Å². The van der Waals surface area contributed by atoms with Gasteiger partial charge in [0.1, 0.15) is 5.69 Å². The molecule has 1 saturated heterocycles. The molecule has 1 aromatic carbocycles. The lowest BCUT2D eigenvalue weighted by Gasteiger charge is -2.32. The van der Waals surface area contributed by atoms with E-state index in [-0.39, 0.29) is 23.8 Å². The number of likely N-dealkylation sites (tertiary alicyclic amines) is 1. The van der Waals surface area contributed by atoms with Gasteiger partial charge in [-0.25, -0.2) is 0 Å². The predicted octanol–water partition coefficient (Wildman–Crippen LogP) is 2.83. The second-order valence-electron chi connectivity index (χ2n) is 6.55. The molecule has 0 saturated carbocycles. The summed E-state index contributed by atoms with van der Waals surface area (Å²) in [6.45, 7) is 4.51. The number of aromatic amines is 1. The van der Waals surface area contributed by atoms with Gasteiger partial charge in [-0.1, -0.05) is 24.2 Å². The maximum Gasteiger partial charge on any atom is 0.270 e. The quantitative estimate of drug-likeness (QED) is 0.673. The summed E-state index contributed by atoms with van der Waals surface area (Å²) in [4.78, 5) is 40.9. The van der Waals surface area contributed by atoms with E-state index in [9.17, 15) is 14.4 Å². The number of amides is 3. The van der Waals surface area contributed by atoms with Gasteiger partial charge >= 0.3 is 0 Å². The van der Waals surface area contributed by atoms with Crippen LogP contribution in [-0.2, 0) is 4.79 Å². The fraction of sp³-hybridized carbons (Fsp3) is 0.250. The van der Waals surface area contributed by atoms with Gasteiger partial charge in [0.25, 0.3) is 11.8 Å². The summed E-state index contributed by atoms with van der Waals surface area (Å²) in [6.07, 6.45) is 4.08. The lowest BCUT2D eigenvalue weighted by atomic mass is 10.0. The van der Waals surface area contributed by atoms with Gasteiger partial charge in [0.15, 0.2) is 0 Å². The molecule has 1 aliphatic rings. The third kappa shape index (κ3) is 4.80. The minimum Gasteiger partial charge on any atom is -0.356 e. The predicted molar refractivity (Wildman–Crippen MR) is 107 cm³/mol. The normalized spacial score (nSPS) is 14.4. The molecule has 3 amide bonds. The highest BCUT2D eigenvalue weighted by Gasteiger charge is 2.25. The number of nitrogens with zero attached hydrogens (tertiary/aromatic N) is 1. The van der Waals surface area contributed by atoms with Crippen molar-refractivity contribution in [2.24, 2.45) is 0 Å². The highest BCUT2D eigenvalue weighted by molar-refractivity contribution is 6.30. The molecule has 0 spiro atoms. The van der Waals surface area contributed by atoms with Crippen LogP contribution in [0, 0.1) is 0 Å². The van der Waals surface area contributed by atoms with E-state index in [0.717, 1.165) is 0 Å². The third-order valence-electron chi connectivity index (χ3n) is 4.57. The van der Waals surface area contributed by atoms with Crippen molar-refractivity contribution >= 4 is 35.0 Å². The van der Waals surface area contributed by atoms with Crippen LogP contribution in [0.2, 0.25) is 5.02 Å². The molecular weight excluding hydrogens is 380 g/mol. The first-order valence-electron chi connectivity index (χ1n) is 8.94. The molecule has 0 atom stereocenters. The zero-order chi connectivity index (χ0) is 20.1. The third-order valence-corrected chi connectivity index (χ3v) is 4.79. The number of halogens is 1.